The van der Waals surface area contributed by atoms with E-state index in [1.807, 2.05) is 0 Å². The number of amides is 1. The van der Waals surface area contributed by atoms with Crippen LogP contribution in [0.15, 0.2) is 23.1 Å². The van der Waals surface area contributed by atoms with Crippen molar-refractivity contribution in [2.45, 2.75) is 37.1 Å². The second kappa shape index (κ2) is 5.82. The van der Waals surface area contributed by atoms with Crippen molar-refractivity contribution in [2.75, 3.05) is 37.6 Å². The lowest BCUT2D eigenvalue weighted by molar-refractivity contribution is -0.116. The summed E-state index contributed by atoms with van der Waals surface area (Å²) in [5, 5.41) is 0. The maximum atomic E-state index is 13.0. The Hall–Kier alpha value is -1.44. The number of rotatable bonds is 2. The van der Waals surface area contributed by atoms with Gasteiger partial charge in [-0.1, -0.05) is 0 Å². The maximum absolute atomic E-state index is 13.0. The van der Waals surface area contributed by atoms with E-state index in [4.69, 9.17) is 0 Å². The summed E-state index contributed by atoms with van der Waals surface area (Å²) in [6.45, 7) is 5.26. The van der Waals surface area contributed by atoms with E-state index in [2.05, 4.69) is 4.90 Å². The molecule has 0 saturated carbocycles. The standard InChI is InChI=1S/C17H23N3O3S/c1-13(21)20-8-6-14-11-16(4-5-17(14)20)24(22,23)19-10-9-18-7-2-3-15(18)12-19/h4-5,11,15H,2-3,6-10,12H2,1H3. The van der Waals surface area contributed by atoms with Crippen molar-refractivity contribution >= 4 is 21.6 Å². The summed E-state index contributed by atoms with van der Waals surface area (Å²) in [6.07, 6.45) is 2.97. The third-order valence-electron chi connectivity index (χ3n) is 5.51. The van der Waals surface area contributed by atoms with Gasteiger partial charge in [0, 0.05) is 44.8 Å². The fourth-order valence-corrected chi connectivity index (χ4v) is 5.72. The van der Waals surface area contributed by atoms with Gasteiger partial charge in [-0.2, -0.15) is 4.31 Å². The number of hydrogen-bond donors (Lipinski definition) is 0. The molecule has 1 aromatic carbocycles. The summed E-state index contributed by atoms with van der Waals surface area (Å²) in [7, 11) is -3.46. The fourth-order valence-electron chi connectivity index (χ4n) is 4.20. The minimum absolute atomic E-state index is 0.00159. The van der Waals surface area contributed by atoms with Crippen LogP contribution in [0.1, 0.15) is 25.3 Å². The predicted molar refractivity (Wildman–Crippen MR) is 91.5 cm³/mol. The number of nitrogens with zero attached hydrogens (tertiary/aromatic N) is 3. The monoisotopic (exact) mass is 349 g/mol. The Morgan fingerprint density at radius 1 is 1.17 bits per heavy atom. The normalized spacial score (nSPS) is 24.9. The van der Waals surface area contributed by atoms with E-state index in [1.54, 1.807) is 34.3 Å². The summed E-state index contributed by atoms with van der Waals surface area (Å²) in [5.41, 5.74) is 1.80. The molecule has 0 aliphatic carbocycles. The molecule has 1 atom stereocenters. The van der Waals surface area contributed by atoms with Gasteiger partial charge in [0.25, 0.3) is 0 Å². The van der Waals surface area contributed by atoms with Crippen LogP contribution in [0.3, 0.4) is 0 Å². The second-order valence-corrected chi connectivity index (χ2v) is 8.84. The minimum atomic E-state index is -3.46. The Morgan fingerprint density at radius 2 is 2.00 bits per heavy atom. The van der Waals surface area contributed by atoms with Crippen LogP contribution in [-0.4, -0.2) is 62.3 Å². The van der Waals surface area contributed by atoms with E-state index in [9.17, 15) is 13.2 Å². The van der Waals surface area contributed by atoms with Gasteiger partial charge in [-0.05, 0) is 49.6 Å². The van der Waals surface area contributed by atoms with Gasteiger partial charge in [-0.3, -0.25) is 9.69 Å². The molecule has 4 rings (SSSR count). The molecule has 2 fully saturated rings. The van der Waals surface area contributed by atoms with Gasteiger partial charge < -0.3 is 4.90 Å². The molecule has 1 amide bonds. The molecular weight excluding hydrogens is 326 g/mol. The first-order valence-corrected chi connectivity index (χ1v) is 10.1. The molecule has 130 valence electrons. The Kier molecular flexibility index (Phi) is 3.89. The van der Waals surface area contributed by atoms with Crippen molar-refractivity contribution < 1.29 is 13.2 Å². The van der Waals surface area contributed by atoms with Crippen LogP contribution in [0.2, 0.25) is 0 Å². The van der Waals surface area contributed by atoms with E-state index in [0.717, 1.165) is 37.2 Å². The zero-order valence-corrected chi connectivity index (χ0v) is 14.8. The molecule has 3 heterocycles. The first-order chi connectivity index (χ1) is 11.5. The average Bonchev–Trinajstić information content (AvgIpc) is 3.19. The third kappa shape index (κ3) is 2.55. The van der Waals surface area contributed by atoms with Crippen LogP contribution >= 0.6 is 0 Å². The fraction of sp³-hybridized carbons (Fsp3) is 0.588. The van der Waals surface area contributed by atoms with E-state index in [-0.39, 0.29) is 5.91 Å². The van der Waals surface area contributed by atoms with Crippen molar-refractivity contribution in [3.05, 3.63) is 23.8 Å². The minimum Gasteiger partial charge on any atom is -0.312 e. The van der Waals surface area contributed by atoms with Gasteiger partial charge in [0.1, 0.15) is 0 Å². The molecule has 1 aromatic rings. The van der Waals surface area contributed by atoms with Crippen molar-refractivity contribution in [2.24, 2.45) is 0 Å². The van der Waals surface area contributed by atoms with Crippen LogP contribution in [0.25, 0.3) is 0 Å². The first kappa shape index (κ1) is 16.1. The molecular formula is C17H23N3O3S. The molecule has 0 radical (unpaired) electrons. The summed E-state index contributed by atoms with van der Waals surface area (Å²) >= 11 is 0. The smallest absolute Gasteiger partial charge is 0.243 e. The second-order valence-electron chi connectivity index (χ2n) is 6.91. The summed E-state index contributed by atoms with van der Waals surface area (Å²) in [4.78, 5) is 16.1. The number of anilines is 1. The highest BCUT2D eigenvalue weighted by molar-refractivity contribution is 7.89. The van der Waals surface area contributed by atoms with Crippen molar-refractivity contribution in [3.8, 4) is 0 Å². The zero-order chi connectivity index (χ0) is 16.9. The molecule has 1 unspecified atom stereocenters. The summed E-state index contributed by atoms with van der Waals surface area (Å²) in [5.74, 6) is 0.00159. The van der Waals surface area contributed by atoms with Gasteiger partial charge in [0.15, 0.2) is 0 Å². The Balaban J connectivity index is 1.60. The summed E-state index contributed by atoms with van der Waals surface area (Å²) in [6, 6.07) is 5.56. The lowest BCUT2D eigenvalue weighted by Gasteiger charge is -2.36. The molecule has 2 saturated heterocycles. The van der Waals surface area contributed by atoms with E-state index in [1.165, 1.54) is 0 Å². The largest absolute Gasteiger partial charge is 0.312 e. The molecule has 0 bridgehead atoms. The lowest BCUT2D eigenvalue weighted by Crippen LogP contribution is -2.51. The Bertz CT molecular complexity index is 777. The van der Waals surface area contributed by atoms with E-state index >= 15 is 0 Å². The summed E-state index contributed by atoms with van der Waals surface area (Å²) < 4.78 is 27.7. The predicted octanol–water partition coefficient (Wildman–Crippen LogP) is 1.06. The van der Waals surface area contributed by atoms with Gasteiger partial charge in [-0.15, -0.1) is 0 Å². The molecule has 0 aromatic heterocycles. The topological polar surface area (TPSA) is 60.9 Å². The molecule has 24 heavy (non-hydrogen) atoms. The third-order valence-corrected chi connectivity index (χ3v) is 7.38. The highest BCUT2D eigenvalue weighted by Gasteiger charge is 2.36. The number of benzene rings is 1. The van der Waals surface area contributed by atoms with Crippen molar-refractivity contribution in [1.82, 2.24) is 9.21 Å². The Morgan fingerprint density at radius 3 is 2.79 bits per heavy atom. The van der Waals surface area contributed by atoms with Crippen LogP contribution in [-0.2, 0) is 21.2 Å². The lowest BCUT2D eigenvalue weighted by atomic mass is 10.2. The highest BCUT2D eigenvalue weighted by Crippen LogP contribution is 2.32. The molecule has 3 aliphatic heterocycles. The molecule has 6 nitrogen and oxygen atoms in total. The number of carbonyl (C=O) groups excluding carboxylic acids is 1. The maximum Gasteiger partial charge on any atom is 0.243 e. The van der Waals surface area contributed by atoms with Gasteiger partial charge in [0.05, 0.1) is 4.90 Å². The number of hydrogen-bond acceptors (Lipinski definition) is 4. The SMILES string of the molecule is CC(=O)N1CCc2cc(S(=O)(=O)N3CCN4CCCC4C3)ccc21. The van der Waals surface area contributed by atoms with Gasteiger partial charge >= 0.3 is 0 Å². The molecule has 7 heteroatoms. The Labute approximate surface area is 143 Å². The van der Waals surface area contributed by atoms with E-state index in [0.29, 0.717) is 37.0 Å². The molecule has 3 aliphatic rings. The van der Waals surface area contributed by atoms with Crippen molar-refractivity contribution in [1.29, 1.82) is 0 Å². The molecule has 0 spiro atoms. The highest BCUT2D eigenvalue weighted by atomic mass is 32.2. The van der Waals surface area contributed by atoms with Crippen LogP contribution in [0.4, 0.5) is 5.69 Å². The van der Waals surface area contributed by atoms with Gasteiger partial charge in [0.2, 0.25) is 15.9 Å². The van der Waals surface area contributed by atoms with Gasteiger partial charge in [-0.25, -0.2) is 8.42 Å². The van der Waals surface area contributed by atoms with Crippen LogP contribution in [0, 0.1) is 0 Å². The van der Waals surface area contributed by atoms with E-state index < -0.39 is 10.0 Å². The number of sulfonamides is 1. The van der Waals surface area contributed by atoms with Crippen LogP contribution in [0.5, 0.6) is 0 Å². The zero-order valence-electron chi connectivity index (χ0n) is 13.9. The van der Waals surface area contributed by atoms with Crippen molar-refractivity contribution in [3.63, 3.8) is 0 Å². The average molecular weight is 349 g/mol. The number of carbonyl (C=O) groups is 1. The number of fused-ring (bicyclic) bond motifs is 2. The quantitative estimate of drug-likeness (QED) is 0.801. The number of piperazine rings is 1. The van der Waals surface area contributed by atoms with Crippen LogP contribution < -0.4 is 4.90 Å². The first-order valence-electron chi connectivity index (χ1n) is 8.62. The molecule has 0 N–H and O–H groups in total.